The van der Waals surface area contributed by atoms with Gasteiger partial charge < -0.3 is 10.2 Å². The highest BCUT2D eigenvalue weighted by atomic mass is 32.2. The van der Waals surface area contributed by atoms with Crippen LogP contribution in [0.3, 0.4) is 0 Å². The lowest BCUT2D eigenvalue weighted by atomic mass is 10.1. The number of carboxylic acids is 2. The van der Waals surface area contributed by atoms with Crippen LogP contribution < -0.4 is 0 Å². The molecule has 0 heterocycles. The average molecular weight is 577 g/mol. The molecule has 0 bridgehead atoms. The maximum atomic E-state index is 11.5. The fraction of sp³-hybridized carbons (Fsp3) is 0.938. The van der Waals surface area contributed by atoms with Crippen LogP contribution in [0.25, 0.3) is 0 Å². The SMILES string of the molecule is CCCC(=O)O.CCCCCCCCCCCCSCCC(SCCCCCCCCCCCC)C(=O)O. The normalized spacial score (nSPS) is 11.7. The molecule has 6 heteroatoms. The molecule has 0 aliphatic rings. The summed E-state index contributed by atoms with van der Waals surface area (Å²) in [7, 11) is 0. The Kier molecular flexibility index (Phi) is 36.3. The smallest absolute Gasteiger partial charge is 0.316 e. The van der Waals surface area contributed by atoms with Crippen LogP contribution in [-0.4, -0.2) is 44.7 Å². The van der Waals surface area contributed by atoms with Crippen molar-refractivity contribution in [3.05, 3.63) is 0 Å². The van der Waals surface area contributed by atoms with Gasteiger partial charge in [0.25, 0.3) is 0 Å². The van der Waals surface area contributed by atoms with Crippen molar-refractivity contribution in [2.24, 2.45) is 0 Å². The van der Waals surface area contributed by atoms with Crippen LogP contribution in [0.1, 0.15) is 168 Å². The Balaban J connectivity index is 0. The molecule has 0 aromatic rings. The second kappa shape index (κ2) is 34.7. The van der Waals surface area contributed by atoms with E-state index in [1.54, 1.807) is 11.8 Å². The number of thioether (sulfide) groups is 2. The second-order valence-corrected chi connectivity index (χ2v) is 13.1. The molecule has 0 saturated heterocycles. The molecule has 0 aromatic carbocycles. The van der Waals surface area contributed by atoms with Crippen molar-refractivity contribution in [2.75, 3.05) is 17.3 Å². The summed E-state index contributed by atoms with van der Waals surface area (Å²) in [6.45, 7) is 6.39. The maximum absolute atomic E-state index is 11.5. The van der Waals surface area contributed by atoms with E-state index in [4.69, 9.17) is 5.11 Å². The van der Waals surface area contributed by atoms with Crippen molar-refractivity contribution in [1.82, 2.24) is 0 Å². The van der Waals surface area contributed by atoms with Crippen LogP contribution in [0, 0.1) is 0 Å². The highest BCUT2D eigenvalue weighted by Crippen LogP contribution is 2.21. The monoisotopic (exact) mass is 576 g/mol. The Morgan fingerprint density at radius 2 is 0.921 bits per heavy atom. The quantitative estimate of drug-likeness (QED) is 0.0863. The van der Waals surface area contributed by atoms with Gasteiger partial charge in [0.2, 0.25) is 0 Å². The number of carboxylic acid groups (broad SMARTS) is 2. The van der Waals surface area contributed by atoms with E-state index in [1.165, 1.54) is 134 Å². The first kappa shape index (κ1) is 39.8. The lowest BCUT2D eigenvalue weighted by Crippen LogP contribution is -2.17. The third-order valence-corrected chi connectivity index (χ3v) is 9.19. The number of rotatable bonds is 29. The third kappa shape index (κ3) is 35.6. The van der Waals surface area contributed by atoms with Crippen LogP contribution in [0.5, 0.6) is 0 Å². The summed E-state index contributed by atoms with van der Waals surface area (Å²) in [4.78, 5) is 21.1. The molecule has 0 aromatic heterocycles. The summed E-state index contributed by atoms with van der Waals surface area (Å²) in [5.74, 6) is 1.89. The van der Waals surface area contributed by atoms with Crippen LogP contribution in [-0.2, 0) is 9.59 Å². The molecule has 0 radical (unpaired) electrons. The van der Waals surface area contributed by atoms with E-state index in [1.807, 2.05) is 18.7 Å². The van der Waals surface area contributed by atoms with Crippen molar-refractivity contribution in [3.8, 4) is 0 Å². The molecule has 0 rings (SSSR count). The van der Waals surface area contributed by atoms with Crippen LogP contribution in [0.2, 0.25) is 0 Å². The molecule has 0 amide bonds. The summed E-state index contributed by atoms with van der Waals surface area (Å²) in [5, 5.41) is 17.2. The van der Waals surface area contributed by atoms with Gasteiger partial charge in [-0.1, -0.05) is 136 Å². The molecular formula is C32H64O4S2. The van der Waals surface area contributed by atoms with Crippen LogP contribution in [0.4, 0.5) is 0 Å². The molecule has 1 atom stereocenters. The molecule has 0 spiro atoms. The average Bonchev–Trinajstić information content (AvgIpc) is 2.88. The molecule has 38 heavy (non-hydrogen) atoms. The molecule has 2 N–H and O–H groups in total. The van der Waals surface area contributed by atoms with Gasteiger partial charge in [-0.15, -0.1) is 11.8 Å². The number of hydrogen-bond acceptors (Lipinski definition) is 4. The minimum Gasteiger partial charge on any atom is -0.481 e. The van der Waals surface area contributed by atoms with Crippen molar-refractivity contribution < 1.29 is 19.8 Å². The third-order valence-electron chi connectivity index (χ3n) is 6.72. The summed E-state index contributed by atoms with van der Waals surface area (Å²) in [6.07, 6.45) is 29.1. The zero-order valence-electron chi connectivity index (χ0n) is 25.5. The van der Waals surface area contributed by atoms with Crippen LogP contribution in [0.15, 0.2) is 0 Å². The van der Waals surface area contributed by atoms with Gasteiger partial charge in [-0.25, -0.2) is 0 Å². The van der Waals surface area contributed by atoms with Crippen molar-refractivity contribution in [2.45, 2.75) is 174 Å². The Labute approximate surface area is 245 Å². The second-order valence-electron chi connectivity index (χ2n) is 10.6. The summed E-state index contributed by atoms with van der Waals surface area (Å²) in [5.41, 5.74) is 0. The van der Waals surface area contributed by atoms with Gasteiger partial charge >= 0.3 is 11.9 Å². The number of aliphatic carboxylic acids is 2. The van der Waals surface area contributed by atoms with E-state index >= 15 is 0 Å². The van der Waals surface area contributed by atoms with Gasteiger partial charge in [-0.3, -0.25) is 9.59 Å². The predicted molar refractivity (Wildman–Crippen MR) is 172 cm³/mol. The molecule has 0 aliphatic heterocycles. The number of carbonyl (C=O) groups is 2. The van der Waals surface area contributed by atoms with E-state index in [2.05, 4.69) is 13.8 Å². The van der Waals surface area contributed by atoms with Gasteiger partial charge in [-0.05, 0) is 42.9 Å². The minimum atomic E-state index is -0.711. The standard InChI is InChI=1S/C28H56O2S2.C4H8O2/c1-3-5-7-9-11-13-15-17-19-21-24-31-26-23-27(28(29)30)32-25-22-20-18-16-14-12-10-8-6-4-2;1-2-3-4(5)6/h27H,3-26H2,1-2H3,(H,29,30);2-3H2,1H3,(H,5,6). The molecule has 0 fully saturated rings. The Bertz CT molecular complexity index is 488. The first-order chi connectivity index (χ1) is 18.5. The molecule has 0 aliphatic carbocycles. The first-order valence-corrected chi connectivity index (χ1v) is 18.3. The highest BCUT2D eigenvalue weighted by molar-refractivity contribution is 8.01. The lowest BCUT2D eigenvalue weighted by Gasteiger charge is -2.12. The summed E-state index contributed by atoms with van der Waals surface area (Å²) >= 11 is 3.64. The highest BCUT2D eigenvalue weighted by Gasteiger charge is 2.17. The number of hydrogen-bond donors (Lipinski definition) is 2. The molecular weight excluding hydrogens is 512 g/mol. The Morgan fingerprint density at radius 1 is 0.526 bits per heavy atom. The molecule has 4 nitrogen and oxygen atoms in total. The summed E-state index contributed by atoms with van der Waals surface area (Å²) < 4.78 is 0. The fourth-order valence-corrected chi connectivity index (χ4v) is 6.54. The zero-order chi connectivity index (χ0) is 28.5. The lowest BCUT2D eigenvalue weighted by molar-refractivity contribution is -0.137. The number of unbranched alkanes of at least 4 members (excludes halogenated alkanes) is 18. The minimum absolute atomic E-state index is 0.200. The van der Waals surface area contributed by atoms with Gasteiger partial charge in [0, 0.05) is 6.42 Å². The van der Waals surface area contributed by atoms with E-state index < -0.39 is 11.9 Å². The Hall–Kier alpha value is -0.360. The molecule has 228 valence electrons. The molecule has 0 saturated carbocycles. The topological polar surface area (TPSA) is 74.6 Å². The van der Waals surface area contributed by atoms with Gasteiger partial charge in [0.1, 0.15) is 5.25 Å². The van der Waals surface area contributed by atoms with Gasteiger partial charge in [-0.2, -0.15) is 11.8 Å². The van der Waals surface area contributed by atoms with Gasteiger partial charge in [0.05, 0.1) is 0 Å². The van der Waals surface area contributed by atoms with E-state index in [9.17, 15) is 14.7 Å². The van der Waals surface area contributed by atoms with Crippen molar-refractivity contribution >= 4 is 35.5 Å². The Morgan fingerprint density at radius 3 is 1.26 bits per heavy atom. The van der Waals surface area contributed by atoms with Gasteiger partial charge in [0.15, 0.2) is 0 Å². The largest absolute Gasteiger partial charge is 0.481 e. The maximum Gasteiger partial charge on any atom is 0.316 e. The fourth-order valence-electron chi connectivity index (χ4n) is 4.29. The van der Waals surface area contributed by atoms with Crippen molar-refractivity contribution in [1.29, 1.82) is 0 Å². The zero-order valence-corrected chi connectivity index (χ0v) is 27.1. The van der Waals surface area contributed by atoms with E-state index in [-0.39, 0.29) is 5.25 Å². The molecule has 1 unspecified atom stereocenters. The summed E-state index contributed by atoms with van der Waals surface area (Å²) in [6, 6.07) is 0. The van der Waals surface area contributed by atoms with Crippen molar-refractivity contribution in [3.63, 3.8) is 0 Å². The predicted octanol–water partition coefficient (Wildman–Crippen LogP) is 11.0. The van der Waals surface area contributed by atoms with E-state index in [0.29, 0.717) is 6.42 Å². The first-order valence-electron chi connectivity index (χ1n) is 16.1. The van der Waals surface area contributed by atoms with Crippen LogP contribution >= 0.6 is 23.5 Å². The van der Waals surface area contributed by atoms with E-state index in [0.717, 1.165) is 24.3 Å².